The molecule has 2 rings (SSSR count). The van der Waals surface area contributed by atoms with E-state index < -0.39 is 0 Å². The number of nitrogens with zero attached hydrogens (tertiary/aromatic N) is 1. The topological polar surface area (TPSA) is 23.5 Å². The van der Waals surface area contributed by atoms with Crippen molar-refractivity contribution in [1.82, 2.24) is 4.90 Å². The second-order valence-corrected chi connectivity index (χ2v) is 4.73. The standard InChI is InChI=1S/C13H19N.CH4O/c1-13(8-10-14(2)11-9-13)12-6-4-3-5-7-12;1-2/h3-7H,8-11H2,1-2H3;2H,1H3. The van der Waals surface area contributed by atoms with Crippen LogP contribution in [0.3, 0.4) is 0 Å². The minimum atomic E-state index is 0.410. The minimum absolute atomic E-state index is 0.410. The summed E-state index contributed by atoms with van der Waals surface area (Å²) >= 11 is 0. The van der Waals surface area contributed by atoms with Gasteiger partial charge in [-0.1, -0.05) is 37.3 Å². The molecule has 1 heterocycles. The normalized spacial score (nSPS) is 19.8. The smallest absolute Gasteiger partial charge is 0.0319 e. The SMILES string of the molecule is CN1CCC(C)(c2ccccc2)CC1.CO. The number of rotatable bonds is 1. The summed E-state index contributed by atoms with van der Waals surface area (Å²) < 4.78 is 0. The molecule has 1 aliphatic heterocycles. The number of piperidine rings is 1. The summed E-state index contributed by atoms with van der Waals surface area (Å²) in [4.78, 5) is 2.42. The monoisotopic (exact) mass is 221 g/mol. The van der Waals surface area contributed by atoms with Crippen LogP contribution in [0.5, 0.6) is 0 Å². The Labute approximate surface area is 98.9 Å². The zero-order valence-electron chi connectivity index (χ0n) is 10.6. The molecule has 0 spiro atoms. The van der Waals surface area contributed by atoms with Gasteiger partial charge in [0.15, 0.2) is 0 Å². The molecule has 0 aliphatic carbocycles. The molecule has 1 aromatic carbocycles. The Balaban J connectivity index is 0.000000606. The first-order valence-electron chi connectivity index (χ1n) is 5.89. The van der Waals surface area contributed by atoms with Crippen LogP contribution < -0.4 is 0 Å². The first-order valence-corrected chi connectivity index (χ1v) is 5.89. The molecule has 16 heavy (non-hydrogen) atoms. The Morgan fingerprint density at radius 2 is 1.56 bits per heavy atom. The fourth-order valence-electron chi connectivity index (χ4n) is 2.24. The highest BCUT2D eigenvalue weighted by atomic mass is 16.2. The lowest BCUT2D eigenvalue weighted by Crippen LogP contribution is -2.38. The van der Waals surface area contributed by atoms with Gasteiger partial charge in [-0.25, -0.2) is 0 Å². The van der Waals surface area contributed by atoms with Crippen LogP contribution in [0.25, 0.3) is 0 Å². The molecule has 2 nitrogen and oxygen atoms in total. The molecule has 1 aliphatic rings. The van der Waals surface area contributed by atoms with E-state index in [4.69, 9.17) is 5.11 Å². The molecule has 0 amide bonds. The van der Waals surface area contributed by atoms with Crippen LogP contribution in [0.4, 0.5) is 0 Å². The highest BCUT2D eigenvalue weighted by Crippen LogP contribution is 2.34. The number of aliphatic hydroxyl groups is 1. The van der Waals surface area contributed by atoms with Crippen molar-refractivity contribution in [2.24, 2.45) is 0 Å². The van der Waals surface area contributed by atoms with Gasteiger partial charge in [0, 0.05) is 7.11 Å². The number of hydrogen-bond donors (Lipinski definition) is 1. The average Bonchev–Trinajstić information content (AvgIpc) is 2.37. The summed E-state index contributed by atoms with van der Waals surface area (Å²) in [5, 5.41) is 7.00. The van der Waals surface area contributed by atoms with Crippen LogP contribution in [-0.4, -0.2) is 37.3 Å². The molecule has 1 N–H and O–H groups in total. The van der Waals surface area contributed by atoms with Gasteiger partial charge in [0.1, 0.15) is 0 Å². The van der Waals surface area contributed by atoms with Gasteiger partial charge < -0.3 is 10.0 Å². The van der Waals surface area contributed by atoms with Crippen LogP contribution in [0.15, 0.2) is 30.3 Å². The van der Waals surface area contributed by atoms with Crippen LogP contribution in [0.1, 0.15) is 25.3 Å². The highest BCUT2D eigenvalue weighted by molar-refractivity contribution is 5.25. The van der Waals surface area contributed by atoms with E-state index in [1.165, 1.54) is 31.5 Å². The van der Waals surface area contributed by atoms with Crippen molar-refractivity contribution in [3.05, 3.63) is 35.9 Å². The van der Waals surface area contributed by atoms with E-state index in [-0.39, 0.29) is 0 Å². The average molecular weight is 221 g/mol. The lowest BCUT2D eigenvalue weighted by Gasteiger charge is -2.38. The molecular formula is C14H23NO. The van der Waals surface area contributed by atoms with Crippen molar-refractivity contribution in [1.29, 1.82) is 0 Å². The molecule has 0 atom stereocenters. The van der Waals surface area contributed by atoms with Crippen molar-refractivity contribution < 1.29 is 5.11 Å². The molecule has 2 heteroatoms. The Kier molecular flexibility index (Phi) is 4.97. The van der Waals surface area contributed by atoms with Crippen molar-refractivity contribution in [3.63, 3.8) is 0 Å². The molecule has 1 saturated heterocycles. The molecular weight excluding hydrogens is 198 g/mol. The van der Waals surface area contributed by atoms with Crippen LogP contribution in [-0.2, 0) is 5.41 Å². The first-order chi connectivity index (χ1) is 7.71. The summed E-state index contributed by atoms with van der Waals surface area (Å²) in [7, 11) is 3.21. The van der Waals surface area contributed by atoms with Crippen LogP contribution in [0.2, 0.25) is 0 Å². The molecule has 1 aromatic rings. The van der Waals surface area contributed by atoms with E-state index in [9.17, 15) is 0 Å². The lowest BCUT2D eigenvalue weighted by atomic mass is 9.75. The Morgan fingerprint density at radius 1 is 1.06 bits per heavy atom. The number of benzene rings is 1. The van der Waals surface area contributed by atoms with Crippen molar-refractivity contribution in [2.75, 3.05) is 27.2 Å². The molecule has 0 bridgehead atoms. The molecule has 0 saturated carbocycles. The predicted molar refractivity (Wildman–Crippen MR) is 68.7 cm³/mol. The van der Waals surface area contributed by atoms with Gasteiger partial charge in [-0.15, -0.1) is 0 Å². The summed E-state index contributed by atoms with van der Waals surface area (Å²) in [6.07, 6.45) is 2.57. The lowest BCUT2D eigenvalue weighted by molar-refractivity contribution is 0.200. The van der Waals surface area contributed by atoms with Gasteiger partial charge in [0.05, 0.1) is 0 Å². The quantitative estimate of drug-likeness (QED) is 0.786. The molecule has 0 unspecified atom stereocenters. The van der Waals surface area contributed by atoms with Crippen molar-refractivity contribution in [2.45, 2.75) is 25.2 Å². The maximum absolute atomic E-state index is 7.00. The summed E-state index contributed by atoms with van der Waals surface area (Å²) in [5.74, 6) is 0. The van der Waals surface area contributed by atoms with Crippen molar-refractivity contribution >= 4 is 0 Å². The summed E-state index contributed by atoms with van der Waals surface area (Å²) in [6, 6.07) is 10.9. The summed E-state index contributed by atoms with van der Waals surface area (Å²) in [5.41, 5.74) is 1.92. The van der Waals surface area contributed by atoms with Crippen molar-refractivity contribution in [3.8, 4) is 0 Å². The van der Waals surface area contributed by atoms with Gasteiger partial charge >= 0.3 is 0 Å². The van der Waals surface area contributed by atoms with E-state index >= 15 is 0 Å². The van der Waals surface area contributed by atoms with Gasteiger partial charge in [-0.2, -0.15) is 0 Å². The van der Waals surface area contributed by atoms with E-state index in [1.807, 2.05) is 0 Å². The van der Waals surface area contributed by atoms with E-state index in [0.717, 1.165) is 7.11 Å². The largest absolute Gasteiger partial charge is 0.400 e. The highest BCUT2D eigenvalue weighted by Gasteiger charge is 2.29. The molecule has 0 radical (unpaired) electrons. The third kappa shape index (κ3) is 3.06. The second kappa shape index (κ2) is 6.02. The molecule has 0 aromatic heterocycles. The van der Waals surface area contributed by atoms with E-state index in [1.54, 1.807) is 0 Å². The number of likely N-dealkylation sites (tertiary alicyclic amines) is 1. The second-order valence-electron chi connectivity index (χ2n) is 4.73. The third-order valence-corrected chi connectivity index (χ3v) is 3.56. The predicted octanol–water partition coefficient (Wildman–Crippen LogP) is 2.28. The van der Waals surface area contributed by atoms with Crippen LogP contribution in [0, 0.1) is 0 Å². The zero-order valence-corrected chi connectivity index (χ0v) is 10.6. The van der Waals surface area contributed by atoms with Crippen LogP contribution >= 0.6 is 0 Å². The Bertz CT molecular complexity index is 289. The van der Waals surface area contributed by atoms with Gasteiger partial charge in [0.2, 0.25) is 0 Å². The maximum Gasteiger partial charge on any atom is 0.0319 e. The minimum Gasteiger partial charge on any atom is -0.400 e. The fourth-order valence-corrected chi connectivity index (χ4v) is 2.24. The number of hydrogen-bond acceptors (Lipinski definition) is 2. The number of aliphatic hydroxyl groups excluding tert-OH is 1. The molecule has 1 fully saturated rings. The molecule has 90 valence electrons. The van der Waals surface area contributed by atoms with E-state index in [2.05, 4.69) is 49.2 Å². The Hall–Kier alpha value is -0.860. The first kappa shape index (κ1) is 13.2. The zero-order chi connectivity index (χ0) is 12.0. The van der Waals surface area contributed by atoms with Gasteiger partial charge in [-0.05, 0) is 44.0 Å². The fraction of sp³-hybridized carbons (Fsp3) is 0.571. The Morgan fingerprint density at radius 3 is 2.06 bits per heavy atom. The van der Waals surface area contributed by atoms with E-state index in [0.29, 0.717) is 5.41 Å². The third-order valence-electron chi connectivity index (χ3n) is 3.56. The van der Waals surface area contributed by atoms with Gasteiger partial charge in [-0.3, -0.25) is 0 Å². The maximum atomic E-state index is 7.00. The van der Waals surface area contributed by atoms with Gasteiger partial charge in [0.25, 0.3) is 0 Å². The summed E-state index contributed by atoms with van der Waals surface area (Å²) in [6.45, 7) is 4.85.